The molecule has 2 N–H and O–H groups in total. The first-order valence-corrected chi connectivity index (χ1v) is 12.5. The lowest BCUT2D eigenvalue weighted by molar-refractivity contribution is -0.144. The topological polar surface area (TPSA) is 115 Å². The van der Waals surface area contributed by atoms with Gasteiger partial charge in [0.15, 0.2) is 6.40 Å². The van der Waals surface area contributed by atoms with Crippen LogP contribution in [0.25, 0.3) is 0 Å². The van der Waals surface area contributed by atoms with Crippen LogP contribution in [-0.2, 0) is 30.2 Å². The molecule has 0 heterocycles. The van der Waals surface area contributed by atoms with Crippen molar-refractivity contribution in [2.75, 3.05) is 25.2 Å². The second kappa shape index (κ2) is 17.3. The molecule has 2 radical (unpaired) electrons. The molecule has 0 unspecified atom stereocenters. The van der Waals surface area contributed by atoms with Crippen LogP contribution in [0.15, 0.2) is 54.6 Å². The predicted octanol–water partition coefficient (Wildman–Crippen LogP) is 2.01. The van der Waals surface area contributed by atoms with E-state index in [1.165, 1.54) is 18.9 Å². The minimum absolute atomic E-state index is 0.225. The average molecular weight is 515 g/mol. The third kappa shape index (κ3) is 11.0. The standard InChI is InChI=1S/C25H34BN3O6S/c1-6-12-34-19-10-8-18(9-11-19)14-20(27-16-35-26)23(30)29-22(17(3)4)24(31)28-21(25(32)33-5)15-36-13-7-2/h6-11,16-17,20-22H,1-2,12-15H2,3-5H3,(H,28,31)(H,29,30)/t20-,21-,22-/m0/s1. The number of nitrogens with one attached hydrogen (secondary N) is 2. The molecule has 194 valence electrons. The lowest BCUT2D eigenvalue weighted by Gasteiger charge is -2.25. The molecule has 0 bridgehead atoms. The first kappa shape index (κ1) is 30.8. The summed E-state index contributed by atoms with van der Waals surface area (Å²) in [4.78, 5) is 42.4. The van der Waals surface area contributed by atoms with Gasteiger partial charge in [-0.1, -0.05) is 44.7 Å². The number of carbonyl (C=O) groups excluding carboxylic acids is 3. The maximum Gasteiger partial charge on any atom is 0.375 e. The molecule has 0 saturated heterocycles. The third-order valence-corrected chi connectivity index (χ3v) is 5.93. The van der Waals surface area contributed by atoms with Gasteiger partial charge in [0.05, 0.1) is 7.11 Å². The van der Waals surface area contributed by atoms with Gasteiger partial charge in [0.25, 0.3) is 0 Å². The fourth-order valence-electron chi connectivity index (χ4n) is 3.05. The Kier molecular flexibility index (Phi) is 14.8. The van der Waals surface area contributed by atoms with Crippen molar-refractivity contribution in [3.8, 4) is 5.75 Å². The summed E-state index contributed by atoms with van der Waals surface area (Å²) in [6.45, 7) is 11.2. The van der Waals surface area contributed by atoms with Crippen LogP contribution >= 0.6 is 11.8 Å². The Morgan fingerprint density at radius 3 is 2.36 bits per heavy atom. The van der Waals surface area contributed by atoms with Gasteiger partial charge in [0.1, 0.15) is 30.5 Å². The van der Waals surface area contributed by atoms with Crippen LogP contribution in [0.5, 0.6) is 5.75 Å². The highest BCUT2D eigenvalue weighted by Crippen LogP contribution is 2.15. The van der Waals surface area contributed by atoms with Crippen molar-refractivity contribution in [2.24, 2.45) is 10.9 Å². The van der Waals surface area contributed by atoms with Crippen molar-refractivity contribution in [3.05, 3.63) is 55.1 Å². The van der Waals surface area contributed by atoms with Crippen molar-refractivity contribution in [1.29, 1.82) is 0 Å². The van der Waals surface area contributed by atoms with Gasteiger partial charge in [-0.2, -0.15) is 11.8 Å². The van der Waals surface area contributed by atoms with Crippen LogP contribution in [0.2, 0.25) is 0 Å². The predicted molar refractivity (Wildman–Crippen MR) is 143 cm³/mol. The highest BCUT2D eigenvalue weighted by Gasteiger charge is 2.31. The minimum atomic E-state index is -0.916. The lowest BCUT2D eigenvalue weighted by atomic mass is 10.0. The molecule has 3 atom stereocenters. The fraction of sp³-hybridized carbons (Fsp3) is 0.440. The third-order valence-electron chi connectivity index (χ3n) is 4.89. The monoisotopic (exact) mass is 515 g/mol. The van der Waals surface area contributed by atoms with E-state index in [1.54, 1.807) is 38.1 Å². The Labute approximate surface area is 218 Å². The molecule has 1 aromatic rings. The number of esters is 1. The first-order chi connectivity index (χ1) is 17.3. The van der Waals surface area contributed by atoms with E-state index in [4.69, 9.17) is 17.5 Å². The van der Waals surface area contributed by atoms with Crippen LogP contribution in [0, 0.1) is 5.92 Å². The van der Waals surface area contributed by atoms with E-state index < -0.39 is 35.9 Å². The molecule has 36 heavy (non-hydrogen) atoms. The van der Waals surface area contributed by atoms with Crippen molar-refractivity contribution in [1.82, 2.24) is 10.6 Å². The van der Waals surface area contributed by atoms with Gasteiger partial charge in [0, 0.05) is 17.9 Å². The summed E-state index contributed by atoms with van der Waals surface area (Å²) >= 11 is 1.42. The van der Waals surface area contributed by atoms with Gasteiger partial charge in [0.2, 0.25) is 11.8 Å². The molecule has 0 aliphatic heterocycles. The maximum atomic E-state index is 13.1. The summed E-state index contributed by atoms with van der Waals surface area (Å²) in [7, 11) is 6.31. The Balaban J connectivity index is 2.96. The van der Waals surface area contributed by atoms with E-state index in [0.29, 0.717) is 23.9 Å². The number of hydrogen-bond acceptors (Lipinski definition) is 8. The zero-order chi connectivity index (χ0) is 26.9. The molecule has 0 fully saturated rings. The molecule has 9 nitrogen and oxygen atoms in total. The molecule has 11 heteroatoms. The van der Waals surface area contributed by atoms with Crippen molar-refractivity contribution < 1.29 is 28.5 Å². The second-order valence-corrected chi connectivity index (χ2v) is 9.07. The van der Waals surface area contributed by atoms with Crippen LogP contribution in [0.1, 0.15) is 19.4 Å². The number of amides is 2. The molecule has 0 spiro atoms. The normalized spacial score (nSPS) is 13.3. The molecule has 1 aromatic carbocycles. The molecule has 0 saturated carbocycles. The Morgan fingerprint density at radius 1 is 1.11 bits per heavy atom. The number of methoxy groups -OCH3 is 1. The van der Waals surface area contributed by atoms with Crippen LogP contribution in [0.4, 0.5) is 0 Å². The fourth-order valence-corrected chi connectivity index (χ4v) is 3.81. The number of carbonyl (C=O) groups is 3. The number of aliphatic imine (C=N–C) groups is 1. The Morgan fingerprint density at radius 2 is 1.81 bits per heavy atom. The van der Waals surface area contributed by atoms with Crippen molar-refractivity contribution in [2.45, 2.75) is 38.4 Å². The molecule has 0 aromatic heterocycles. The van der Waals surface area contributed by atoms with Gasteiger partial charge >= 0.3 is 14.0 Å². The van der Waals surface area contributed by atoms with Crippen molar-refractivity contribution in [3.63, 3.8) is 0 Å². The number of hydrogen-bond donors (Lipinski definition) is 2. The SMILES string of the molecule is [B]OC=N[C@@H](Cc1ccc(OCC=C)cc1)C(=O)N[C@H](C(=O)N[C@@H](CSCC=C)C(=O)OC)C(C)C. The smallest absolute Gasteiger partial charge is 0.375 e. The summed E-state index contributed by atoms with van der Waals surface area (Å²) < 4.78 is 14.7. The van der Waals surface area contributed by atoms with E-state index >= 15 is 0 Å². The Bertz CT molecular complexity index is 894. The average Bonchev–Trinajstić information content (AvgIpc) is 2.87. The van der Waals surface area contributed by atoms with Gasteiger partial charge in [-0.15, -0.1) is 6.58 Å². The first-order valence-electron chi connectivity index (χ1n) is 11.3. The highest BCUT2D eigenvalue weighted by molar-refractivity contribution is 7.99. The molecule has 0 aliphatic carbocycles. The molecule has 0 aliphatic rings. The summed E-state index contributed by atoms with van der Waals surface area (Å²) in [6, 6.07) is 4.48. The zero-order valence-corrected chi connectivity index (χ0v) is 21.8. The van der Waals surface area contributed by atoms with Gasteiger partial charge in [-0.25, -0.2) is 9.79 Å². The summed E-state index contributed by atoms with van der Waals surface area (Å²) in [5.41, 5.74) is 0.811. The largest absolute Gasteiger partial charge is 0.560 e. The minimum Gasteiger partial charge on any atom is -0.560 e. The van der Waals surface area contributed by atoms with E-state index in [-0.39, 0.29) is 12.3 Å². The summed E-state index contributed by atoms with van der Waals surface area (Å²) in [5, 5.41) is 5.42. The number of rotatable bonds is 17. The number of nitrogens with zero attached hydrogens (tertiary/aromatic N) is 1. The Hall–Kier alpha value is -3.21. The lowest BCUT2D eigenvalue weighted by Crippen LogP contribution is -2.56. The van der Waals surface area contributed by atoms with Crippen molar-refractivity contribution >= 4 is 44.0 Å². The van der Waals surface area contributed by atoms with Crippen LogP contribution in [0.3, 0.4) is 0 Å². The molecule has 2 amide bonds. The quantitative estimate of drug-likeness (QED) is 0.0815. The summed E-state index contributed by atoms with van der Waals surface area (Å²) in [5.74, 6) is -0.277. The van der Waals surface area contributed by atoms with Gasteiger partial charge in [-0.05, 0) is 23.6 Å². The maximum absolute atomic E-state index is 13.1. The molecular formula is C25H34BN3O6S. The summed E-state index contributed by atoms with van der Waals surface area (Å²) in [6.07, 6.45) is 4.54. The second-order valence-electron chi connectivity index (χ2n) is 7.99. The van der Waals surface area contributed by atoms with Gasteiger partial charge < -0.3 is 24.8 Å². The van der Waals surface area contributed by atoms with E-state index in [2.05, 4.69) is 33.4 Å². The molecule has 1 rings (SSSR count). The number of ether oxygens (including phenoxy) is 2. The number of benzene rings is 1. The zero-order valence-electron chi connectivity index (χ0n) is 21.0. The highest BCUT2D eigenvalue weighted by atomic mass is 32.2. The number of thioether (sulfide) groups is 1. The van der Waals surface area contributed by atoms with E-state index in [9.17, 15) is 14.4 Å². The van der Waals surface area contributed by atoms with Gasteiger partial charge in [-0.3, -0.25) is 9.59 Å². The van der Waals surface area contributed by atoms with E-state index in [0.717, 1.165) is 12.0 Å². The van der Waals surface area contributed by atoms with Crippen LogP contribution in [-0.4, -0.2) is 75.6 Å². The van der Waals surface area contributed by atoms with E-state index in [1.807, 2.05) is 12.1 Å². The molecular weight excluding hydrogens is 481 g/mol. The van der Waals surface area contributed by atoms with Crippen LogP contribution < -0.4 is 15.4 Å².